The summed E-state index contributed by atoms with van der Waals surface area (Å²) in [7, 11) is -2.17. The molecule has 0 atom stereocenters. The molecule has 1 aliphatic rings. The standard InChI is InChI=1S/C27H25N3O7S2/c1-37-22-14-19(13-20(15-31)25(22)33)18-7-3-16(4-8-18)11-23-26(34)29-27(38-23)28-21-9-5-17(6-10-21)12-24(32)30-39(2,35)36/h3-11,13-14,31,33H,12,15H2,1-2H3,(H,30,32)(H,28,29,34). The minimum absolute atomic E-state index is 0.0872. The largest absolute Gasteiger partial charge is 0.504 e. The number of ether oxygens (including phenoxy) is 1. The smallest absolute Gasteiger partial charge is 0.286 e. The molecule has 1 aliphatic heterocycles. The van der Waals surface area contributed by atoms with Crippen molar-refractivity contribution in [2.24, 2.45) is 4.99 Å². The molecule has 0 fully saturated rings. The third kappa shape index (κ3) is 7.25. The van der Waals surface area contributed by atoms with E-state index in [9.17, 15) is 28.2 Å². The van der Waals surface area contributed by atoms with E-state index in [1.165, 1.54) is 18.9 Å². The van der Waals surface area contributed by atoms with Crippen LogP contribution in [0.25, 0.3) is 17.2 Å². The molecule has 4 rings (SSSR count). The molecule has 10 nitrogen and oxygen atoms in total. The van der Waals surface area contributed by atoms with Crippen molar-refractivity contribution in [3.05, 3.63) is 82.3 Å². The molecule has 0 saturated carbocycles. The van der Waals surface area contributed by atoms with Gasteiger partial charge in [-0.1, -0.05) is 36.4 Å². The minimum atomic E-state index is -3.61. The Morgan fingerprint density at radius 3 is 2.38 bits per heavy atom. The van der Waals surface area contributed by atoms with Gasteiger partial charge >= 0.3 is 0 Å². The van der Waals surface area contributed by atoms with E-state index in [0.717, 1.165) is 22.9 Å². The number of aliphatic imine (C=N–C) groups is 1. The number of carbonyl (C=O) groups excluding carboxylic acids is 2. The first-order chi connectivity index (χ1) is 18.5. The zero-order valence-corrected chi connectivity index (χ0v) is 22.6. The van der Waals surface area contributed by atoms with E-state index in [-0.39, 0.29) is 30.4 Å². The lowest BCUT2D eigenvalue weighted by atomic mass is 10.0. The van der Waals surface area contributed by atoms with Crippen LogP contribution in [0.1, 0.15) is 16.7 Å². The molecule has 202 valence electrons. The average Bonchev–Trinajstić information content (AvgIpc) is 3.22. The fraction of sp³-hybridized carbons (Fsp3) is 0.148. The normalized spacial score (nSPS) is 14.3. The van der Waals surface area contributed by atoms with Crippen LogP contribution < -0.4 is 14.8 Å². The highest BCUT2D eigenvalue weighted by molar-refractivity contribution is 8.18. The second kappa shape index (κ2) is 11.7. The van der Waals surface area contributed by atoms with E-state index < -0.39 is 15.9 Å². The topological polar surface area (TPSA) is 154 Å². The summed E-state index contributed by atoms with van der Waals surface area (Å²) in [6, 6.07) is 17.6. The summed E-state index contributed by atoms with van der Waals surface area (Å²) in [6.07, 6.45) is 2.56. The van der Waals surface area contributed by atoms with Crippen molar-refractivity contribution in [2.45, 2.75) is 13.0 Å². The Labute approximate surface area is 229 Å². The molecule has 0 bridgehead atoms. The van der Waals surface area contributed by atoms with Crippen LogP contribution in [0.3, 0.4) is 0 Å². The van der Waals surface area contributed by atoms with Gasteiger partial charge in [-0.3, -0.25) is 14.3 Å². The van der Waals surface area contributed by atoms with Gasteiger partial charge in [0.25, 0.3) is 5.91 Å². The van der Waals surface area contributed by atoms with Crippen LogP contribution in [0, 0.1) is 0 Å². The lowest BCUT2D eigenvalue weighted by Crippen LogP contribution is -2.30. The fourth-order valence-corrected chi connectivity index (χ4v) is 5.07. The number of aliphatic hydroxyl groups excluding tert-OH is 1. The third-order valence-corrected chi connectivity index (χ3v) is 7.07. The number of anilines is 1. The van der Waals surface area contributed by atoms with Crippen molar-refractivity contribution in [1.29, 1.82) is 0 Å². The summed E-state index contributed by atoms with van der Waals surface area (Å²) < 4.78 is 29.5. The number of nitrogens with zero attached hydrogens (tertiary/aromatic N) is 1. The fourth-order valence-electron chi connectivity index (χ4n) is 3.75. The van der Waals surface area contributed by atoms with Gasteiger partial charge in [-0.05, 0) is 64.4 Å². The number of hydrogen-bond acceptors (Lipinski definition) is 9. The number of benzene rings is 3. The van der Waals surface area contributed by atoms with E-state index in [4.69, 9.17) is 4.74 Å². The van der Waals surface area contributed by atoms with Gasteiger partial charge in [0.1, 0.15) is 0 Å². The molecule has 39 heavy (non-hydrogen) atoms. The Hall–Kier alpha value is -4.13. The maximum absolute atomic E-state index is 12.5. The van der Waals surface area contributed by atoms with Gasteiger partial charge in [0.2, 0.25) is 15.9 Å². The quantitative estimate of drug-likeness (QED) is 0.300. The van der Waals surface area contributed by atoms with E-state index >= 15 is 0 Å². The molecule has 2 amide bonds. The lowest BCUT2D eigenvalue weighted by Gasteiger charge is -2.11. The predicted octanol–water partition coefficient (Wildman–Crippen LogP) is 3.26. The summed E-state index contributed by atoms with van der Waals surface area (Å²) in [4.78, 5) is 28.7. The molecule has 0 radical (unpaired) electrons. The Morgan fingerprint density at radius 2 is 1.77 bits per heavy atom. The van der Waals surface area contributed by atoms with Gasteiger partial charge in [-0.2, -0.15) is 4.99 Å². The number of amides is 2. The van der Waals surface area contributed by atoms with E-state index in [0.29, 0.717) is 26.9 Å². The van der Waals surface area contributed by atoms with Crippen LogP contribution >= 0.6 is 11.8 Å². The van der Waals surface area contributed by atoms with Crippen LogP contribution in [-0.4, -0.2) is 49.0 Å². The number of sulfonamides is 1. The third-order valence-electron chi connectivity index (χ3n) is 5.58. The SMILES string of the molecule is COc1cc(-c2ccc(C=C3SC(Nc4ccc(CC(=O)NS(C)(=O)=O)cc4)=NC3=O)cc2)cc(CO)c1O. The second-order valence-electron chi connectivity index (χ2n) is 8.60. The van der Waals surface area contributed by atoms with Crippen LogP contribution in [0.4, 0.5) is 5.69 Å². The molecule has 1 heterocycles. The molecule has 3 aromatic rings. The number of phenols is 1. The van der Waals surface area contributed by atoms with Gasteiger partial charge in [0, 0.05) is 11.3 Å². The maximum Gasteiger partial charge on any atom is 0.286 e. The number of aromatic hydroxyl groups is 1. The summed E-state index contributed by atoms with van der Waals surface area (Å²) in [5.74, 6) is -0.837. The van der Waals surface area contributed by atoms with E-state index in [2.05, 4.69) is 10.3 Å². The van der Waals surface area contributed by atoms with Crippen molar-refractivity contribution >= 4 is 50.5 Å². The van der Waals surface area contributed by atoms with Crippen molar-refractivity contribution in [3.63, 3.8) is 0 Å². The van der Waals surface area contributed by atoms with Crippen molar-refractivity contribution in [3.8, 4) is 22.6 Å². The molecule has 0 aromatic heterocycles. The molecular formula is C27H25N3O7S2. The number of rotatable bonds is 8. The Balaban J connectivity index is 1.40. The Bertz CT molecular complexity index is 1560. The molecule has 0 unspecified atom stereocenters. The minimum Gasteiger partial charge on any atom is -0.504 e. The number of hydrogen-bond donors (Lipinski definition) is 4. The van der Waals surface area contributed by atoms with Gasteiger partial charge < -0.3 is 20.3 Å². The molecule has 0 aliphatic carbocycles. The van der Waals surface area contributed by atoms with E-state index in [1.807, 2.05) is 29.0 Å². The van der Waals surface area contributed by atoms with Gasteiger partial charge in [0.15, 0.2) is 16.7 Å². The highest BCUT2D eigenvalue weighted by Crippen LogP contribution is 2.36. The van der Waals surface area contributed by atoms with Crippen LogP contribution in [0.15, 0.2) is 70.6 Å². The summed E-state index contributed by atoms with van der Waals surface area (Å²) >= 11 is 1.19. The maximum atomic E-state index is 12.5. The first kappa shape index (κ1) is 27.9. The number of methoxy groups -OCH3 is 1. The van der Waals surface area contributed by atoms with Crippen LogP contribution in [0.2, 0.25) is 0 Å². The highest BCUT2D eigenvalue weighted by Gasteiger charge is 2.22. The molecule has 12 heteroatoms. The lowest BCUT2D eigenvalue weighted by molar-refractivity contribution is -0.118. The van der Waals surface area contributed by atoms with Gasteiger partial charge in [-0.25, -0.2) is 8.42 Å². The first-order valence-corrected chi connectivity index (χ1v) is 14.3. The Morgan fingerprint density at radius 1 is 1.08 bits per heavy atom. The molecule has 0 spiro atoms. The summed E-state index contributed by atoms with van der Waals surface area (Å²) in [5.41, 5.74) is 4.02. The van der Waals surface area contributed by atoms with Gasteiger partial charge in [-0.15, -0.1) is 0 Å². The second-order valence-corrected chi connectivity index (χ2v) is 11.4. The van der Waals surface area contributed by atoms with Crippen molar-refractivity contribution in [2.75, 3.05) is 18.7 Å². The zero-order valence-electron chi connectivity index (χ0n) is 21.0. The van der Waals surface area contributed by atoms with Crippen LogP contribution in [-0.2, 0) is 32.6 Å². The van der Waals surface area contributed by atoms with Crippen LogP contribution in [0.5, 0.6) is 11.5 Å². The highest BCUT2D eigenvalue weighted by atomic mass is 32.2. The number of carbonyl (C=O) groups is 2. The number of nitrogens with one attached hydrogen (secondary N) is 2. The van der Waals surface area contributed by atoms with E-state index in [1.54, 1.807) is 42.5 Å². The van der Waals surface area contributed by atoms with Crippen molar-refractivity contribution in [1.82, 2.24) is 4.72 Å². The molecule has 4 N–H and O–H groups in total. The first-order valence-electron chi connectivity index (χ1n) is 11.5. The summed E-state index contributed by atoms with van der Waals surface area (Å²) in [5, 5.41) is 23.1. The molecule has 0 saturated heterocycles. The summed E-state index contributed by atoms with van der Waals surface area (Å²) in [6.45, 7) is -0.331. The number of aliphatic hydroxyl groups is 1. The predicted molar refractivity (Wildman–Crippen MR) is 151 cm³/mol. The Kier molecular flexibility index (Phi) is 8.38. The average molecular weight is 568 g/mol. The molecular weight excluding hydrogens is 542 g/mol. The number of thioether (sulfide) groups is 1. The monoisotopic (exact) mass is 567 g/mol. The zero-order chi connectivity index (χ0) is 28.2. The van der Waals surface area contributed by atoms with Gasteiger partial charge in [0.05, 0.1) is 31.3 Å². The van der Waals surface area contributed by atoms with Crippen molar-refractivity contribution < 1.29 is 33.0 Å². The molecule has 3 aromatic carbocycles. The number of amidine groups is 1.